The van der Waals surface area contributed by atoms with E-state index in [1.165, 1.54) is 0 Å². The monoisotopic (exact) mass is 211 g/mol. The zero-order valence-electron chi connectivity index (χ0n) is 7.81. The minimum atomic E-state index is -3.15. The molecule has 3 nitrogen and oxygen atoms in total. The van der Waals surface area contributed by atoms with Gasteiger partial charge in [0.25, 0.3) is 0 Å². The second kappa shape index (κ2) is 3.71. The average Bonchev–Trinajstić information content (AvgIpc) is 2.72. The molecule has 1 atom stereocenters. The van der Waals surface area contributed by atoms with Crippen LogP contribution < -0.4 is 5.32 Å². The first kappa shape index (κ1) is 9.68. The zero-order chi connectivity index (χ0) is 10.0. The molecule has 14 heavy (non-hydrogen) atoms. The standard InChI is InChI=1S/C10H13NO2S/c12-14(13,10-7-4-8-11-10)9-5-2-1-3-6-9/h1-3,5-6,10-11H,4,7-8H2. The molecule has 1 aromatic rings. The molecule has 76 valence electrons. The van der Waals surface area contributed by atoms with Crippen LogP contribution in [0.1, 0.15) is 12.8 Å². The van der Waals surface area contributed by atoms with Crippen LogP contribution >= 0.6 is 0 Å². The van der Waals surface area contributed by atoms with Crippen LogP contribution in [0.25, 0.3) is 0 Å². The molecule has 1 aromatic carbocycles. The van der Waals surface area contributed by atoms with Gasteiger partial charge >= 0.3 is 0 Å². The van der Waals surface area contributed by atoms with Gasteiger partial charge in [0.1, 0.15) is 5.37 Å². The molecule has 0 aromatic heterocycles. The van der Waals surface area contributed by atoms with Crippen molar-refractivity contribution in [1.82, 2.24) is 5.32 Å². The van der Waals surface area contributed by atoms with E-state index in [9.17, 15) is 8.42 Å². The molecule has 0 radical (unpaired) electrons. The molecule has 1 aliphatic rings. The SMILES string of the molecule is O=S(=O)(c1ccccc1)C1CCCN1. The lowest BCUT2D eigenvalue weighted by atomic mass is 10.4. The van der Waals surface area contributed by atoms with Gasteiger partial charge in [0.2, 0.25) is 0 Å². The van der Waals surface area contributed by atoms with Crippen molar-refractivity contribution in [2.24, 2.45) is 0 Å². The van der Waals surface area contributed by atoms with Crippen LogP contribution in [0.5, 0.6) is 0 Å². The van der Waals surface area contributed by atoms with Gasteiger partial charge in [0.05, 0.1) is 4.90 Å². The molecule has 4 heteroatoms. The summed E-state index contributed by atoms with van der Waals surface area (Å²) in [7, 11) is -3.15. The highest BCUT2D eigenvalue weighted by atomic mass is 32.2. The van der Waals surface area contributed by atoms with Crippen LogP contribution in [0.3, 0.4) is 0 Å². The Labute approximate surface area is 84.1 Å². The number of sulfone groups is 1. The predicted molar refractivity (Wildman–Crippen MR) is 54.7 cm³/mol. The van der Waals surface area contributed by atoms with E-state index in [0.717, 1.165) is 19.4 Å². The van der Waals surface area contributed by atoms with Gasteiger partial charge < -0.3 is 5.32 Å². The van der Waals surface area contributed by atoms with Crippen molar-refractivity contribution in [2.45, 2.75) is 23.1 Å². The molecule has 0 amide bonds. The molecule has 1 heterocycles. The zero-order valence-corrected chi connectivity index (χ0v) is 8.63. The highest BCUT2D eigenvalue weighted by Crippen LogP contribution is 2.20. The van der Waals surface area contributed by atoms with Gasteiger partial charge in [-0.25, -0.2) is 8.42 Å². The van der Waals surface area contributed by atoms with E-state index in [-0.39, 0.29) is 5.37 Å². The maximum absolute atomic E-state index is 12.0. The second-order valence-corrected chi connectivity index (χ2v) is 5.57. The first-order valence-corrected chi connectivity index (χ1v) is 6.28. The van der Waals surface area contributed by atoms with Crippen LogP contribution in [0.2, 0.25) is 0 Å². The van der Waals surface area contributed by atoms with E-state index < -0.39 is 9.84 Å². The van der Waals surface area contributed by atoms with Crippen LogP contribution in [0, 0.1) is 0 Å². The lowest BCUT2D eigenvalue weighted by Crippen LogP contribution is -2.30. The molecule has 0 spiro atoms. The predicted octanol–water partition coefficient (Wildman–Crippen LogP) is 1.17. The van der Waals surface area contributed by atoms with Crippen molar-refractivity contribution in [2.75, 3.05) is 6.54 Å². The third-order valence-corrected chi connectivity index (χ3v) is 4.54. The lowest BCUT2D eigenvalue weighted by molar-refractivity contribution is 0.571. The second-order valence-electron chi connectivity index (χ2n) is 3.44. The van der Waals surface area contributed by atoms with E-state index in [2.05, 4.69) is 5.32 Å². The van der Waals surface area contributed by atoms with Crippen molar-refractivity contribution < 1.29 is 8.42 Å². The number of nitrogens with one attached hydrogen (secondary N) is 1. The highest BCUT2D eigenvalue weighted by Gasteiger charge is 2.29. The fourth-order valence-corrected chi connectivity index (χ4v) is 3.37. The Kier molecular flexibility index (Phi) is 2.56. The highest BCUT2D eigenvalue weighted by molar-refractivity contribution is 7.92. The number of hydrogen-bond donors (Lipinski definition) is 1. The maximum atomic E-state index is 12.0. The number of rotatable bonds is 2. The van der Waals surface area contributed by atoms with E-state index in [0.29, 0.717) is 4.90 Å². The van der Waals surface area contributed by atoms with Gasteiger partial charge in [0, 0.05) is 0 Å². The Morgan fingerprint density at radius 1 is 1.21 bits per heavy atom. The summed E-state index contributed by atoms with van der Waals surface area (Å²) in [5.41, 5.74) is 0. The molecule has 1 N–H and O–H groups in total. The molecule has 0 bridgehead atoms. The summed E-state index contributed by atoms with van der Waals surface area (Å²) in [5, 5.41) is 2.62. The number of benzene rings is 1. The van der Waals surface area contributed by atoms with Crippen molar-refractivity contribution in [1.29, 1.82) is 0 Å². The smallest absolute Gasteiger partial charge is 0.194 e. The summed E-state index contributed by atoms with van der Waals surface area (Å²) in [5.74, 6) is 0. The van der Waals surface area contributed by atoms with E-state index in [1.54, 1.807) is 24.3 Å². The Balaban J connectivity index is 2.33. The van der Waals surface area contributed by atoms with Gasteiger partial charge in [-0.05, 0) is 31.5 Å². The van der Waals surface area contributed by atoms with Crippen molar-refractivity contribution >= 4 is 9.84 Å². The van der Waals surface area contributed by atoms with E-state index in [4.69, 9.17) is 0 Å². The summed E-state index contributed by atoms with van der Waals surface area (Å²) in [6, 6.07) is 8.62. The number of hydrogen-bond acceptors (Lipinski definition) is 3. The molecular formula is C10H13NO2S. The largest absolute Gasteiger partial charge is 0.301 e. The van der Waals surface area contributed by atoms with E-state index in [1.807, 2.05) is 6.07 Å². The van der Waals surface area contributed by atoms with Crippen molar-refractivity contribution in [3.05, 3.63) is 30.3 Å². The van der Waals surface area contributed by atoms with Gasteiger partial charge in [-0.3, -0.25) is 0 Å². The minimum Gasteiger partial charge on any atom is -0.301 e. The van der Waals surface area contributed by atoms with Crippen molar-refractivity contribution in [3.8, 4) is 0 Å². The summed E-state index contributed by atoms with van der Waals surface area (Å²) >= 11 is 0. The normalized spacial score (nSPS) is 22.4. The fourth-order valence-electron chi connectivity index (χ4n) is 1.69. The minimum absolute atomic E-state index is 0.384. The van der Waals surface area contributed by atoms with Gasteiger partial charge in [-0.1, -0.05) is 18.2 Å². The Morgan fingerprint density at radius 2 is 1.93 bits per heavy atom. The van der Waals surface area contributed by atoms with E-state index >= 15 is 0 Å². The molecule has 1 fully saturated rings. The maximum Gasteiger partial charge on any atom is 0.194 e. The Bertz CT molecular complexity index is 393. The summed E-state index contributed by atoms with van der Waals surface area (Å²) in [4.78, 5) is 0.416. The first-order chi connectivity index (χ1) is 6.71. The lowest BCUT2D eigenvalue weighted by Gasteiger charge is -2.11. The van der Waals surface area contributed by atoms with Gasteiger partial charge in [-0.2, -0.15) is 0 Å². The molecule has 0 saturated carbocycles. The molecule has 0 aliphatic carbocycles. The Morgan fingerprint density at radius 3 is 2.50 bits per heavy atom. The first-order valence-electron chi connectivity index (χ1n) is 4.73. The quantitative estimate of drug-likeness (QED) is 0.798. The summed E-state index contributed by atoms with van der Waals surface area (Å²) < 4.78 is 23.9. The van der Waals surface area contributed by atoms with Gasteiger partial charge in [0.15, 0.2) is 9.84 Å². The van der Waals surface area contributed by atoms with Crippen LogP contribution in [-0.2, 0) is 9.84 Å². The molecule has 1 saturated heterocycles. The Hall–Kier alpha value is -0.870. The van der Waals surface area contributed by atoms with Crippen molar-refractivity contribution in [3.63, 3.8) is 0 Å². The molecule has 1 unspecified atom stereocenters. The third-order valence-electron chi connectivity index (χ3n) is 2.46. The summed E-state index contributed by atoms with van der Waals surface area (Å²) in [6.45, 7) is 0.802. The van der Waals surface area contributed by atoms with Crippen LogP contribution in [0.15, 0.2) is 35.2 Å². The molecule has 1 aliphatic heterocycles. The van der Waals surface area contributed by atoms with Crippen LogP contribution in [0.4, 0.5) is 0 Å². The fraction of sp³-hybridized carbons (Fsp3) is 0.400. The molecular weight excluding hydrogens is 198 g/mol. The van der Waals surface area contributed by atoms with Crippen LogP contribution in [-0.4, -0.2) is 20.3 Å². The molecule has 2 rings (SSSR count). The summed E-state index contributed by atoms with van der Waals surface area (Å²) in [6.07, 6.45) is 1.66. The third kappa shape index (κ3) is 1.67. The van der Waals surface area contributed by atoms with Gasteiger partial charge in [-0.15, -0.1) is 0 Å². The topological polar surface area (TPSA) is 46.2 Å². The average molecular weight is 211 g/mol.